The number of nitrogens with one attached hydrogen (secondary N) is 1. The van der Waals surface area contributed by atoms with Crippen LogP contribution in [-0.2, 0) is 19.0 Å². The van der Waals surface area contributed by atoms with Crippen LogP contribution in [0.1, 0.15) is 59.4 Å². The number of carbonyl (C=O) groups is 1. The SMILES string of the molecule is Cc1nc(NC(C)c2cc(N)cc(C(F)(F)F)c2)c2cc(C3=CCN(C(=O)O)CC3)c3c(c2n1)CCC3. The van der Waals surface area contributed by atoms with Gasteiger partial charge in [-0.25, -0.2) is 14.8 Å². The number of benzene rings is 2. The first-order chi connectivity index (χ1) is 17.5. The summed E-state index contributed by atoms with van der Waals surface area (Å²) in [5.41, 5.74) is 10.9. The number of rotatable bonds is 4. The summed E-state index contributed by atoms with van der Waals surface area (Å²) >= 11 is 0. The predicted octanol–water partition coefficient (Wildman–Crippen LogP) is 5.97. The summed E-state index contributed by atoms with van der Waals surface area (Å²) in [7, 11) is 0. The Labute approximate surface area is 212 Å². The third-order valence-electron chi connectivity index (χ3n) is 7.16. The van der Waals surface area contributed by atoms with E-state index in [2.05, 4.69) is 16.4 Å². The van der Waals surface area contributed by atoms with Gasteiger partial charge in [-0.2, -0.15) is 13.2 Å². The molecule has 0 spiro atoms. The number of fused-ring (bicyclic) bond motifs is 3. The number of alkyl halides is 3. The Hall–Kier alpha value is -3.82. The van der Waals surface area contributed by atoms with Gasteiger partial charge in [-0.05, 0) is 91.6 Å². The monoisotopic (exact) mass is 511 g/mol. The van der Waals surface area contributed by atoms with Gasteiger partial charge in [0.2, 0.25) is 0 Å². The van der Waals surface area contributed by atoms with E-state index in [-0.39, 0.29) is 5.69 Å². The number of hydrogen-bond acceptors (Lipinski definition) is 5. The van der Waals surface area contributed by atoms with Crippen LogP contribution >= 0.6 is 0 Å². The number of nitrogen functional groups attached to an aromatic ring is 1. The van der Waals surface area contributed by atoms with Gasteiger partial charge in [-0.1, -0.05) is 6.08 Å². The number of nitrogens with zero attached hydrogens (tertiary/aromatic N) is 3. The van der Waals surface area contributed by atoms with Gasteiger partial charge in [-0.15, -0.1) is 0 Å². The van der Waals surface area contributed by atoms with Crippen molar-refractivity contribution < 1.29 is 23.1 Å². The molecule has 1 amide bonds. The molecule has 0 bridgehead atoms. The van der Waals surface area contributed by atoms with Crippen LogP contribution in [0.5, 0.6) is 0 Å². The van der Waals surface area contributed by atoms with E-state index in [4.69, 9.17) is 10.7 Å². The van der Waals surface area contributed by atoms with Crippen molar-refractivity contribution in [1.82, 2.24) is 14.9 Å². The highest BCUT2D eigenvalue weighted by Gasteiger charge is 2.32. The molecule has 5 rings (SSSR count). The van der Waals surface area contributed by atoms with Crippen LogP contribution in [0, 0.1) is 6.92 Å². The van der Waals surface area contributed by atoms with Crippen LogP contribution in [0.3, 0.4) is 0 Å². The molecule has 2 aromatic carbocycles. The Morgan fingerprint density at radius 3 is 2.57 bits per heavy atom. The number of aromatic nitrogens is 2. The molecule has 1 aliphatic carbocycles. The fraction of sp³-hybridized carbons (Fsp3) is 0.370. The lowest BCUT2D eigenvalue weighted by molar-refractivity contribution is -0.137. The molecule has 10 heteroatoms. The Bertz CT molecular complexity index is 1430. The van der Waals surface area contributed by atoms with Crippen molar-refractivity contribution in [1.29, 1.82) is 0 Å². The number of carboxylic acid groups (broad SMARTS) is 1. The molecule has 2 aliphatic rings. The molecule has 4 N–H and O–H groups in total. The third kappa shape index (κ3) is 4.80. The quantitative estimate of drug-likeness (QED) is 0.373. The first kappa shape index (κ1) is 24.9. The first-order valence-electron chi connectivity index (χ1n) is 12.3. The van der Waals surface area contributed by atoms with Crippen molar-refractivity contribution in [2.75, 3.05) is 24.1 Å². The van der Waals surface area contributed by atoms with E-state index < -0.39 is 23.9 Å². The van der Waals surface area contributed by atoms with E-state index in [1.165, 1.54) is 22.1 Å². The van der Waals surface area contributed by atoms with Crippen molar-refractivity contribution in [3.8, 4) is 0 Å². The van der Waals surface area contributed by atoms with E-state index in [0.717, 1.165) is 53.4 Å². The number of anilines is 2. The second kappa shape index (κ2) is 9.24. The van der Waals surface area contributed by atoms with E-state index in [1.54, 1.807) is 13.8 Å². The molecule has 1 aromatic heterocycles. The number of hydrogen-bond donors (Lipinski definition) is 3. The lowest BCUT2D eigenvalue weighted by atomic mass is 9.91. The van der Waals surface area contributed by atoms with E-state index in [1.807, 2.05) is 6.08 Å². The van der Waals surface area contributed by atoms with Crippen LogP contribution < -0.4 is 11.1 Å². The number of aryl methyl sites for hydroxylation is 2. The van der Waals surface area contributed by atoms with Crippen LogP contribution in [0.15, 0.2) is 30.3 Å². The number of nitrogens with two attached hydrogens (primary N) is 1. The Kier molecular flexibility index (Phi) is 6.21. The Morgan fingerprint density at radius 2 is 1.89 bits per heavy atom. The van der Waals surface area contributed by atoms with Crippen LogP contribution in [0.2, 0.25) is 0 Å². The van der Waals surface area contributed by atoms with Crippen LogP contribution in [-0.4, -0.2) is 39.2 Å². The summed E-state index contributed by atoms with van der Waals surface area (Å²) in [5.74, 6) is 1.12. The maximum Gasteiger partial charge on any atom is 0.416 e. The summed E-state index contributed by atoms with van der Waals surface area (Å²) in [6.45, 7) is 4.34. The maximum absolute atomic E-state index is 13.4. The molecule has 0 radical (unpaired) electrons. The molecular weight excluding hydrogens is 483 g/mol. The van der Waals surface area contributed by atoms with Crippen molar-refractivity contribution in [2.45, 2.75) is 51.7 Å². The minimum atomic E-state index is -4.50. The lowest BCUT2D eigenvalue weighted by Crippen LogP contribution is -2.33. The predicted molar refractivity (Wildman–Crippen MR) is 136 cm³/mol. The first-order valence-corrected chi connectivity index (χ1v) is 12.3. The molecule has 37 heavy (non-hydrogen) atoms. The van der Waals surface area contributed by atoms with Crippen molar-refractivity contribution in [2.24, 2.45) is 0 Å². The van der Waals surface area contributed by atoms with Gasteiger partial charge in [0.05, 0.1) is 17.1 Å². The van der Waals surface area contributed by atoms with Crippen molar-refractivity contribution >= 4 is 34.1 Å². The Morgan fingerprint density at radius 1 is 1.14 bits per heavy atom. The molecule has 3 aromatic rings. The van der Waals surface area contributed by atoms with Gasteiger partial charge >= 0.3 is 12.3 Å². The summed E-state index contributed by atoms with van der Waals surface area (Å²) < 4.78 is 40.1. The second-order valence-corrected chi connectivity index (χ2v) is 9.71. The normalized spacial score (nSPS) is 16.5. The van der Waals surface area contributed by atoms with Crippen LogP contribution in [0.4, 0.5) is 29.5 Å². The minimum absolute atomic E-state index is 0.0435. The Balaban J connectivity index is 1.58. The highest BCUT2D eigenvalue weighted by molar-refractivity contribution is 5.96. The minimum Gasteiger partial charge on any atom is -0.465 e. The lowest BCUT2D eigenvalue weighted by Gasteiger charge is -2.25. The van der Waals surface area contributed by atoms with Gasteiger partial charge in [-0.3, -0.25) is 0 Å². The summed E-state index contributed by atoms with van der Waals surface area (Å²) in [5, 5.41) is 13.4. The summed E-state index contributed by atoms with van der Waals surface area (Å²) in [4.78, 5) is 22.1. The maximum atomic E-state index is 13.4. The summed E-state index contributed by atoms with van der Waals surface area (Å²) in [6.07, 6.45) is -0.0504. The van der Waals surface area contributed by atoms with Crippen molar-refractivity contribution in [3.05, 3.63) is 64.0 Å². The molecule has 1 unspecified atom stereocenters. The van der Waals surface area contributed by atoms with Gasteiger partial charge in [0.15, 0.2) is 0 Å². The molecule has 2 heterocycles. The molecule has 0 saturated carbocycles. The summed E-state index contributed by atoms with van der Waals surface area (Å²) in [6, 6.07) is 5.12. The second-order valence-electron chi connectivity index (χ2n) is 9.71. The standard InChI is InChI=1S/C27H28F3N5O2/c1-14(17-10-18(27(28,29)30)12-19(31)11-17)32-25-23-13-22(16-6-8-35(9-7-16)26(36)37)20-4-3-5-21(20)24(23)33-15(2)34-25/h6,10-14H,3-5,7-9,31H2,1-2H3,(H,36,37)(H,32,33,34). The largest absolute Gasteiger partial charge is 0.465 e. The van der Waals surface area contributed by atoms with Gasteiger partial charge in [0, 0.05) is 24.2 Å². The van der Waals surface area contributed by atoms with E-state index in [9.17, 15) is 23.1 Å². The van der Waals surface area contributed by atoms with Crippen LogP contribution in [0.25, 0.3) is 16.5 Å². The van der Waals surface area contributed by atoms with E-state index in [0.29, 0.717) is 36.7 Å². The zero-order valence-electron chi connectivity index (χ0n) is 20.6. The topological polar surface area (TPSA) is 104 Å². The average Bonchev–Trinajstić information content (AvgIpc) is 3.33. The molecule has 194 valence electrons. The number of halogens is 3. The molecular formula is C27H28F3N5O2. The van der Waals surface area contributed by atoms with Gasteiger partial charge < -0.3 is 21.1 Å². The number of amides is 1. The molecule has 0 fully saturated rings. The zero-order valence-corrected chi connectivity index (χ0v) is 20.6. The highest BCUT2D eigenvalue weighted by Crippen LogP contribution is 2.40. The smallest absolute Gasteiger partial charge is 0.416 e. The van der Waals surface area contributed by atoms with E-state index >= 15 is 0 Å². The molecule has 1 atom stereocenters. The fourth-order valence-corrected chi connectivity index (χ4v) is 5.34. The van der Waals surface area contributed by atoms with Crippen molar-refractivity contribution in [3.63, 3.8) is 0 Å². The molecule has 0 saturated heterocycles. The molecule has 7 nitrogen and oxygen atoms in total. The van der Waals surface area contributed by atoms with Gasteiger partial charge in [0.1, 0.15) is 11.6 Å². The fourth-order valence-electron chi connectivity index (χ4n) is 5.34. The molecule has 1 aliphatic heterocycles. The average molecular weight is 512 g/mol. The van der Waals surface area contributed by atoms with Gasteiger partial charge in [0.25, 0.3) is 0 Å². The third-order valence-corrected chi connectivity index (χ3v) is 7.16. The zero-order chi connectivity index (χ0) is 26.5. The highest BCUT2D eigenvalue weighted by atomic mass is 19.4.